The second kappa shape index (κ2) is 5.12. The number of aliphatic hydroxyl groups is 1. The van der Waals surface area contributed by atoms with E-state index in [1.165, 1.54) is 0 Å². The van der Waals surface area contributed by atoms with Gasteiger partial charge in [-0.15, -0.1) is 0 Å². The van der Waals surface area contributed by atoms with Gasteiger partial charge in [0, 0.05) is 38.7 Å². The summed E-state index contributed by atoms with van der Waals surface area (Å²) in [5.41, 5.74) is 0. The number of hydrogen-bond acceptors (Lipinski definition) is 3. The third-order valence-corrected chi connectivity index (χ3v) is 4.58. The van der Waals surface area contributed by atoms with E-state index in [1.807, 2.05) is 9.80 Å². The first-order chi connectivity index (χ1) is 9.19. The first kappa shape index (κ1) is 12.9. The summed E-state index contributed by atoms with van der Waals surface area (Å²) in [6.45, 7) is 2.21. The molecule has 0 spiro atoms. The van der Waals surface area contributed by atoms with Gasteiger partial charge >= 0.3 is 0 Å². The van der Waals surface area contributed by atoms with Gasteiger partial charge in [0.15, 0.2) is 0 Å². The van der Waals surface area contributed by atoms with Crippen molar-refractivity contribution in [2.75, 3.05) is 26.2 Å². The van der Waals surface area contributed by atoms with E-state index in [-0.39, 0.29) is 30.3 Å². The molecule has 0 aromatic rings. The summed E-state index contributed by atoms with van der Waals surface area (Å²) in [5, 5.41) is 9.22. The Morgan fingerprint density at radius 2 is 2.05 bits per heavy atom. The Morgan fingerprint density at radius 3 is 2.74 bits per heavy atom. The molecule has 0 bridgehead atoms. The maximum Gasteiger partial charge on any atom is 0.228 e. The van der Waals surface area contributed by atoms with Crippen LogP contribution in [0.1, 0.15) is 32.1 Å². The average molecular weight is 266 g/mol. The van der Waals surface area contributed by atoms with Gasteiger partial charge in [0.05, 0.1) is 5.92 Å². The lowest BCUT2D eigenvalue weighted by molar-refractivity contribution is -0.137. The van der Waals surface area contributed by atoms with Gasteiger partial charge < -0.3 is 14.9 Å². The number of carbonyl (C=O) groups excluding carboxylic acids is 2. The number of likely N-dealkylation sites (tertiary alicyclic amines) is 2. The topological polar surface area (TPSA) is 60.9 Å². The summed E-state index contributed by atoms with van der Waals surface area (Å²) in [6.07, 6.45) is 4.55. The molecular weight excluding hydrogens is 244 g/mol. The Labute approximate surface area is 113 Å². The molecule has 1 N–H and O–H groups in total. The van der Waals surface area contributed by atoms with Crippen LogP contribution in [0.15, 0.2) is 0 Å². The lowest BCUT2D eigenvalue weighted by atomic mass is 9.97. The highest BCUT2D eigenvalue weighted by Crippen LogP contribution is 2.33. The fourth-order valence-corrected chi connectivity index (χ4v) is 3.31. The predicted octanol–water partition coefficient (Wildman–Crippen LogP) is 0.228. The number of carbonyl (C=O) groups is 2. The van der Waals surface area contributed by atoms with Crippen molar-refractivity contribution in [2.24, 2.45) is 11.8 Å². The summed E-state index contributed by atoms with van der Waals surface area (Å²) in [4.78, 5) is 28.1. The molecule has 106 valence electrons. The maximum atomic E-state index is 12.5. The Kier molecular flexibility index (Phi) is 3.48. The molecule has 1 saturated carbocycles. The van der Waals surface area contributed by atoms with E-state index in [4.69, 9.17) is 0 Å². The molecule has 3 aliphatic rings. The van der Waals surface area contributed by atoms with Crippen LogP contribution in [0.4, 0.5) is 0 Å². The van der Waals surface area contributed by atoms with Gasteiger partial charge in [-0.3, -0.25) is 9.59 Å². The summed E-state index contributed by atoms with van der Waals surface area (Å²) in [7, 11) is 0. The third-order valence-electron chi connectivity index (χ3n) is 4.58. The van der Waals surface area contributed by atoms with Crippen LogP contribution >= 0.6 is 0 Å². The normalized spacial score (nSPS) is 31.9. The van der Waals surface area contributed by atoms with Crippen LogP contribution in [-0.2, 0) is 9.59 Å². The zero-order chi connectivity index (χ0) is 13.4. The molecule has 0 radical (unpaired) electrons. The second-order valence-electron chi connectivity index (χ2n) is 6.15. The van der Waals surface area contributed by atoms with Crippen LogP contribution in [0.5, 0.6) is 0 Å². The van der Waals surface area contributed by atoms with Gasteiger partial charge in [-0.1, -0.05) is 0 Å². The number of piperidine rings is 1. The van der Waals surface area contributed by atoms with E-state index in [0.717, 1.165) is 32.2 Å². The third kappa shape index (κ3) is 2.61. The van der Waals surface area contributed by atoms with E-state index in [9.17, 15) is 14.7 Å². The van der Waals surface area contributed by atoms with Gasteiger partial charge in [-0.25, -0.2) is 0 Å². The molecule has 2 heterocycles. The van der Waals surface area contributed by atoms with E-state index >= 15 is 0 Å². The Balaban J connectivity index is 1.59. The van der Waals surface area contributed by atoms with Crippen molar-refractivity contribution < 1.29 is 14.7 Å². The molecule has 2 amide bonds. The molecule has 2 unspecified atom stereocenters. The van der Waals surface area contributed by atoms with Crippen molar-refractivity contribution in [3.8, 4) is 0 Å². The van der Waals surface area contributed by atoms with Crippen molar-refractivity contribution in [3.05, 3.63) is 0 Å². The summed E-state index contributed by atoms with van der Waals surface area (Å²) in [6, 6.07) is 0.414. The highest BCUT2D eigenvalue weighted by atomic mass is 16.3. The zero-order valence-corrected chi connectivity index (χ0v) is 11.3. The van der Waals surface area contributed by atoms with Crippen molar-refractivity contribution in [2.45, 2.75) is 38.1 Å². The SMILES string of the molecule is O=C(C1CC(=O)N(C2CC2)C1)N1CCCC(CO)C1. The predicted molar refractivity (Wildman–Crippen MR) is 69.2 cm³/mol. The lowest BCUT2D eigenvalue weighted by Gasteiger charge is -2.33. The number of amides is 2. The number of rotatable bonds is 3. The van der Waals surface area contributed by atoms with E-state index in [1.54, 1.807) is 0 Å². The smallest absolute Gasteiger partial charge is 0.228 e. The molecule has 0 aromatic heterocycles. The molecule has 3 fully saturated rings. The van der Waals surface area contributed by atoms with Crippen molar-refractivity contribution in [1.82, 2.24) is 9.80 Å². The fraction of sp³-hybridized carbons (Fsp3) is 0.857. The molecule has 2 aliphatic heterocycles. The van der Waals surface area contributed by atoms with Gasteiger partial charge in [0.25, 0.3) is 0 Å². The highest BCUT2D eigenvalue weighted by Gasteiger charge is 2.43. The van der Waals surface area contributed by atoms with Crippen LogP contribution in [0, 0.1) is 11.8 Å². The molecule has 5 heteroatoms. The fourth-order valence-electron chi connectivity index (χ4n) is 3.31. The number of aliphatic hydroxyl groups excluding tert-OH is 1. The van der Waals surface area contributed by atoms with Crippen LogP contribution in [-0.4, -0.2) is 59.0 Å². The molecule has 2 atom stereocenters. The van der Waals surface area contributed by atoms with Crippen LogP contribution in [0.3, 0.4) is 0 Å². The number of hydrogen-bond donors (Lipinski definition) is 1. The molecule has 3 rings (SSSR count). The Hall–Kier alpha value is -1.10. The largest absolute Gasteiger partial charge is 0.396 e. The van der Waals surface area contributed by atoms with Gasteiger partial charge in [0.1, 0.15) is 0 Å². The van der Waals surface area contributed by atoms with Crippen molar-refractivity contribution in [3.63, 3.8) is 0 Å². The molecule has 2 saturated heterocycles. The van der Waals surface area contributed by atoms with E-state index in [0.29, 0.717) is 25.6 Å². The lowest BCUT2D eigenvalue weighted by Crippen LogP contribution is -2.44. The summed E-state index contributed by atoms with van der Waals surface area (Å²) < 4.78 is 0. The van der Waals surface area contributed by atoms with Gasteiger partial charge in [-0.05, 0) is 31.6 Å². The minimum absolute atomic E-state index is 0.120. The van der Waals surface area contributed by atoms with Crippen molar-refractivity contribution >= 4 is 11.8 Å². The quantitative estimate of drug-likeness (QED) is 0.795. The molecule has 19 heavy (non-hydrogen) atoms. The van der Waals surface area contributed by atoms with Crippen LogP contribution < -0.4 is 0 Å². The summed E-state index contributed by atoms with van der Waals surface area (Å²) >= 11 is 0. The standard InChI is InChI=1S/C14H22N2O3/c17-9-10-2-1-5-15(7-10)14(19)11-6-13(18)16(8-11)12-3-4-12/h10-12,17H,1-9H2. The average Bonchev–Trinajstić information content (AvgIpc) is 3.21. The van der Waals surface area contributed by atoms with Crippen LogP contribution in [0.25, 0.3) is 0 Å². The second-order valence-corrected chi connectivity index (χ2v) is 6.15. The van der Waals surface area contributed by atoms with Gasteiger partial charge in [-0.2, -0.15) is 0 Å². The minimum Gasteiger partial charge on any atom is -0.396 e. The highest BCUT2D eigenvalue weighted by molar-refractivity contribution is 5.89. The molecular formula is C14H22N2O3. The Bertz CT molecular complexity index is 381. The first-order valence-electron chi connectivity index (χ1n) is 7.38. The minimum atomic E-state index is -0.148. The molecule has 0 aromatic carbocycles. The molecule has 5 nitrogen and oxygen atoms in total. The summed E-state index contributed by atoms with van der Waals surface area (Å²) in [5.74, 6) is 0.339. The van der Waals surface area contributed by atoms with E-state index < -0.39 is 0 Å². The van der Waals surface area contributed by atoms with Crippen LogP contribution in [0.2, 0.25) is 0 Å². The first-order valence-corrected chi connectivity index (χ1v) is 7.38. The number of nitrogens with zero attached hydrogens (tertiary/aromatic N) is 2. The maximum absolute atomic E-state index is 12.5. The zero-order valence-electron chi connectivity index (χ0n) is 11.3. The Morgan fingerprint density at radius 1 is 1.26 bits per heavy atom. The van der Waals surface area contributed by atoms with Gasteiger partial charge in [0.2, 0.25) is 11.8 Å². The monoisotopic (exact) mass is 266 g/mol. The van der Waals surface area contributed by atoms with Crippen molar-refractivity contribution in [1.29, 1.82) is 0 Å². The molecule has 1 aliphatic carbocycles. The van der Waals surface area contributed by atoms with E-state index in [2.05, 4.69) is 0 Å².